The number of benzene rings is 1. The fourth-order valence-electron chi connectivity index (χ4n) is 3.36. The van der Waals surface area contributed by atoms with E-state index < -0.39 is 5.97 Å². The van der Waals surface area contributed by atoms with E-state index >= 15 is 0 Å². The maximum absolute atomic E-state index is 11.8. The van der Waals surface area contributed by atoms with Crippen LogP contribution in [0.4, 0.5) is 0 Å². The molecular weight excluding hydrogens is 384 g/mol. The van der Waals surface area contributed by atoms with E-state index in [1.807, 2.05) is 6.07 Å². The second-order valence-electron chi connectivity index (χ2n) is 7.62. The van der Waals surface area contributed by atoms with Gasteiger partial charge >= 0.3 is 11.9 Å². The van der Waals surface area contributed by atoms with Crippen LogP contribution in [-0.2, 0) is 26.6 Å². The molecule has 29 heavy (non-hydrogen) atoms. The Labute approximate surface area is 181 Å². The zero-order chi connectivity index (χ0) is 21.2. The molecule has 0 heterocycles. The first-order valence-electron chi connectivity index (χ1n) is 11.2. The van der Waals surface area contributed by atoms with Gasteiger partial charge in [-0.15, -0.1) is 0 Å². The van der Waals surface area contributed by atoms with Gasteiger partial charge in [-0.3, -0.25) is 9.59 Å². The minimum Gasteiger partial charge on any atom is -0.481 e. The average molecular weight is 423 g/mol. The van der Waals surface area contributed by atoms with Crippen molar-refractivity contribution in [1.82, 2.24) is 0 Å². The zero-order valence-corrected chi connectivity index (χ0v) is 18.8. The molecule has 0 saturated carbocycles. The minimum absolute atomic E-state index is 0.000360. The van der Waals surface area contributed by atoms with Gasteiger partial charge in [-0.25, -0.2) is 0 Å². The highest BCUT2D eigenvalue weighted by Gasteiger charge is 2.08. The molecule has 0 radical (unpaired) electrons. The number of carboxylic acid groups (broad SMARTS) is 1. The van der Waals surface area contributed by atoms with Crippen molar-refractivity contribution in [1.29, 1.82) is 0 Å². The molecule has 0 saturated heterocycles. The van der Waals surface area contributed by atoms with Crippen LogP contribution in [0.15, 0.2) is 24.3 Å². The smallest absolute Gasteiger partial charge is 0.318 e. The third-order valence-corrected chi connectivity index (χ3v) is 5.74. The van der Waals surface area contributed by atoms with Crippen molar-refractivity contribution in [3.05, 3.63) is 35.4 Å². The maximum Gasteiger partial charge on any atom is 0.318 e. The summed E-state index contributed by atoms with van der Waals surface area (Å²) in [4.78, 5) is 22.3. The highest BCUT2D eigenvalue weighted by molar-refractivity contribution is 7.95. The largest absolute Gasteiger partial charge is 0.481 e. The first-order valence-corrected chi connectivity index (χ1v) is 12.2. The SMILES string of the molecule is CCCCCCCCCCCCc1ccccc1CCC(=O)OSCCC(=O)O. The first kappa shape index (κ1) is 25.5. The Morgan fingerprint density at radius 3 is 1.97 bits per heavy atom. The molecule has 0 bridgehead atoms. The molecule has 1 aromatic rings. The number of rotatable bonds is 18. The first-order chi connectivity index (χ1) is 14.1. The molecule has 0 aliphatic rings. The van der Waals surface area contributed by atoms with E-state index in [0.717, 1.165) is 18.5 Å². The van der Waals surface area contributed by atoms with Gasteiger partial charge < -0.3 is 9.29 Å². The summed E-state index contributed by atoms with van der Waals surface area (Å²) in [6, 6.07) is 8.34. The van der Waals surface area contributed by atoms with Crippen LogP contribution in [0, 0.1) is 0 Å². The van der Waals surface area contributed by atoms with Crippen molar-refractivity contribution in [3.63, 3.8) is 0 Å². The highest BCUT2D eigenvalue weighted by atomic mass is 32.2. The van der Waals surface area contributed by atoms with Gasteiger partial charge in [0.05, 0.1) is 24.9 Å². The molecule has 0 aliphatic carbocycles. The Bertz CT molecular complexity index is 574. The number of aryl methyl sites for hydroxylation is 2. The van der Waals surface area contributed by atoms with Gasteiger partial charge in [-0.2, -0.15) is 0 Å². The van der Waals surface area contributed by atoms with E-state index in [9.17, 15) is 9.59 Å². The summed E-state index contributed by atoms with van der Waals surface area (Å²) in [5.41, 5.74) is 2.55. The van der Waals surface area contributed by atoms with Crippen LogP contribution in [0.5, 0.6) is 0 Å². The summed E-state index contributed by atoms with van der Waals surface area (Å²) in [7, 11) is 0. The molecule has 4 nitrogen and oxygen atoms in total. The van der Waals surface area contributed by atoms with E-state index in [0.29, 0.717) is 12.8 Å². The van der Waals surface area contributed by atoms with Gasteiger partial charge in [0.1, 0.15) is 0 Å². The number of hydrogen-bond acceptors (Lipinski definition) is 4. The molecule has 164 valence electrons. The molecule has 0 unspecified atom stereocenters. The van der Waals surface area contributed by atoms with Gasteiger partial charge in [-0.05, 0) is 30.4 Å². The molecule has 0 fully saturated rings. The van der Waals surface area contributed by atoms with Crippen LogP contribution in [-0.4, -0.2) is 22.8 Å². The van der Waals surface area contributed by atoms with Crippen LogP contribution in [0.1, 0.15) is 95.1 Å². The van der Waals surface area contributed by atoms with Crippen molar-refractivity contribution in [2.75, 3.05) is 5.75 Å². The van der Waals surface area contributed by atoms with Gasteiger partial charge in [-0.1, -0.05) is 89.0 Å². The molecule has 5 heteroatoms. The highest BCUT2D eigenvalue weighted by Crippen LogP contribution is 2.17. The summed E-state index contributed by atoms with van der Waals surface area (Å²) < 4.78 is 5.04. The predicted octanol–water partition coefficient (Wildman–Crippen LogP) is 6.75. The summed E-state index contributed by atoms with van der Waals surface area (Å²) in [5.74, 6) is -0.875. The summed E-state index contributed by atoms with van der Waals surface area (Å²) in [5, 5.41) is 8.58. The molecule has 0 spiro atoms. The monoisotopic (exact) mass is 422 g/mol. The number of carbonyl (C=O) groups excluding carboxylic acids is 1. The summed E-state index contributed by atoms with van der Waals surface area (Å²) >= 11 is 0.927. The van der Waals surface area contributed by atoms with Gasteiger partial charge in [0.15, 0.2) is 0 Å². The van der Waals surface area contributed by atoms with Gasteiger partial charge in [0.25, 0.3) is 0 Å². The van der Waals surface area contributed by atoms with Crippen LogP contribution < -0.4 is 0 Å². The summed E-state index contributed by atoms with van der Waals surface area (Å²) in [6.45, 7) is 2.26. The quantitative estimate of drug-likeness (QED) is 0.209. The summed E-state index contributed by atoms with van der Waals surface area (Å²) in [6.07, 6.45) is 15.4. The van der Waals surface area contributed by atoms with Crippen LogP contribution >= 0.6 is 12.0 Å². The molecule has 0 aromatic heterocycles. The molecule has 1 aromatic carbocycles. The third-order valence-electron chi connectivity index (χ3n) is 5.07. The number of carboxylic acids is 1. The van der Waals surface area contributed by atoms with Crippen molar-refractivity contribution in [3.8, 4) is 0 Å². The lowest BCUT2D eigenvalue weighted by Crippen LogP contribution is -2.04. The van der Waals surface area contributed by atoms with Crippen LogP contribution in [0.3, 0.4) is 0 Å². The Hall–Kier alpha value is -1.49. The van der Waals surface area contributed by atoms with Crippen LogP contribution in [0.25, 0.3) is 0 Å². The lowest BCUT2D eigenvalue weighted by molar-refractivity contribution is -0.137. The van der Waals surface area contributed by atoms with Gasteiger partial charge in [0, 0.05) is 5.75 Å². The topological polar surface area (TPSA) is 63.6 Å². The molecule has 0 amide bonds. The van der Waals surface area contributed by atoms with E-state index in [-0.39, 0.29) is 18.1 Å². The second-order valence-corrected chi connectivity index (χ2v) is 8.43. The van der Waals surface area contributed by atoms with Gasteiger partial charge in [0.2, 0.25) is 0 Å². The normalized spacial score (nSPS) is 10.8. The Balaban J connectivity index is 2.16. The number of hydrogen-bond donors (Lipinski definition) is 1. The molecule has 1 N–H and O–H groups in total. The van der Waals surface area contributed by atoms with Crippen molar-refractivity contribution < 1.29 is 18.9 Å². The third kappa shape index (κ3) is 14.2. The Morgan fingerprint density at radius 2 is 1.38 bits per heavy atom. The molecule has 0 atom stereocenters. The van der Waals surface area contributed by atoms with Crippen LogP contribution in [0.2, 0.25) is 0 Å². The number of aliphatic carboxylic acids is 1. The van der Waals surface area contributed by atoms with E-state index in [4.69, 9.17) is 9.29 Å². The number of unbranched alkanes of at least 4 members (excludes halogenated alkanes) is 9. The molecular formula is C24H38O4S. The fraction of sp³-hybridized carbons (Fsp3) is 0.667. The lowest BCUT2D eigenvalue weighted by atomic mass is 9.97. The standard InChI is InChI=1S/C24H38O4S/c1-2-3-4-5-6-7-8-9-10-11-14-21-15-12-13-16-22(21)17-18-24(27)28-29-20-19-23(25)26/h12-13,15-16H,2-11,14,17-20H2,1H3,(H,25,26). The zero-order valence-electron chi connectivity index (χ0n) is 18.0. The molecule has 0 aliphatic heterocycles. The number of carbonyl (C=O) groups is 2. The minimum atomic E-state index is -0.880. The van der Waals surface area contributed by atoms with Crippen molar-refractivity contribution in [2.45, 2.75) is 96.8 Å². The van der Waals surface area contributed by atoms with E-state index in [2.05, 4.69) is 25.1 Å². The van der Waals surface area contributed by atoms with Crippen molar-refractivity contribution >= 4 is 24.0 Å². The Kier molecular flexibility index (Phi) is 15.3. The maximum atomic E-state index is 11.8. The van der Waals surface area contributed by atoms with E-state index in [1.165, 1.54) is 75.3 Å². The molecule has 1 rings (SSSR count). The average Bonchev–Trinajstić information content (AvgIpc) is 2.71. The lowest BCUT2D eigenvalue weighted by Gasteiger charge is -2.09. The predicted molar refractivity (Wildman–Crippen MR) is 121 cm³/mol. The second kappa shape index (κ2) is 17.4. The van der Waals surface area contributed by atoms with Crippen molar-refractivity contribution in [2.24, 2.45) is 0 Å². The Morgan fingerprint density at radius 1 is 0.828 bits per heavy atom. The van der Waals surface area contributed by atoms with E-state index in [1.54, 1.807) is 0 Å². The fourth-order valence-corrected chi connectivity index (χ4v) is 3.92.